The summed E-state index contributed by atoms with van der Waals surface area (Å²) in [6.07, 6.45) is 6.79. The number of hydrogen-bond donors (Lipinski definition) is 1. The Morgan fingerprint density at radius 1 is 1.10 bits per heavy atom. The van der Waals surface area contributed by atoms with E-state index in [9.17, 15) is 0 Å². The summed E-state index contributed by atoms with van der Waals surface area (Å²) in [6.45, 7) is 10.8. The van der Waals surface area contributed by atoms with Crippen molar-refractivity contribution >= 4 is 5.69 Å². The van der Waals surface area contributed by atoms with E-state index in [0.29, 0.717) is 6.04 Å². The van der Waals surface area contributed by atoms with Gasteiger partial charge >= 0.3 is 0 Å². The fourth-order valence-corrected chi connectivity index (χ4v) is 2.36. The van der Waals surface area contributed by atoms with Crippen LogP contribution in [0.2, 0.25) is 0 Å². The standard InChI is InChI=1S/C18H31NO/c1-6-7-8-9-10-16(5)19-18-12-11-17(13-15(18)4)20-14(2)3/h11-14,16,19H,6-10H2,1-5H3. The number of ether oxygens (including phenoxy) is 1. The number of aryl methyl sites for hydroxylation is 1. The number of nitrogens with one attached hydrogen (secondary N) is 1. The van der Waals surface area contributed by atoms with Gasteiger partial charge in [-0.25, -0.2) is 0 Å². The normalized spacial score (nSPS) is 12.5. The molecule has 0 fully saturated rings. The fraction of sp³-hybridized carbons (Fsp3) is 0.667. The smallest absolute Gasteiger partial charge is 0.120 e. The minimum absolute atomic E-state index is 0.227. The fourth-order valence-electron chi connectivity index (χ4n) is 2.36. The molecule has 1 unspecified atom stereocenters. The van der Waals surface area contributed by atoms with Gasteiger partial charge in [-0.3, -0.25) is 0 Å². The van der Waals surface area contributed by atoms with Gasteiger partial charge in [0.2, 0.25) is 0 Å². The van der Waals surface area contributed by atoms with Crippen LogP contribution in [0.3, 0.4) is 0 Å². The molecule has 1 N–H and O–H groups in total. The van der Waals surface area contributed by atoms with E-state index in [4.69, 9.17) is 4.74 Å². The lowest BCUT2D eigenvalue weighted by Crippen LogP contribution is -2.15. The number of unbranched alkanes of at least 4 members (excludes halogenated alkanes) is 3. The summed E-state index contributed by atoms with van der Waals surface area (Å²) in [7, 11) is 0. The highest BCUT2D eigenvalue weighted by molar-refractivity contribution is 5.54. The SMILES string of the molecule is CCCCCCC(C)Nc1ccc(OC(C)C)cc1C. The van der Waals surface area contributed by atoms with Gasteiger partial charge in [0.05, 0.1) is 6.10 Å². The predicted molar refractivity (Wildman–Crippen MR) is 88.8 cm³/mol. The van der Waals surface area contributed by atoms with E-state index in [1.165, 1.54) is 43.4 Å². The molecular weight excluding hydrogens is 246 g/mol. The van der Waals surface area contributed by atoms with Gasteiger partial charge in [-0.15, -0.1) is 0 Å². The molecule has 0 saturated heterocycles. The third kappa shape index (κ3) is 6.31. The minimum atomic E-state index is 0.227. The molecule has 0 radical (unpaired) electrons. The van der Waals surface area contributed by atoms with Crippen molar-refractivity contribution in [2.24, 2.45) is 0 Å². The molecule has 1 aromatic carbocycles. The van der Waals surface area contributed by atoms with Crippen LogP contribution in [0.1, 0.15) is 65.4 Å². The maximum Gasteiger partial charge on any atom is 0.120 e. The monoisotopic (exact) mass is 277 g/mol. The highest BCUT2D eigenvalue weighted by Gasteiger charge is 2.06. The summed E-state index contributed by atoms with van der Waals surface area (Å²) in [5, 5.41) is 3.61. The summed E-state index contributed by atoms with van der Waals surface area (Å²) in [5.74, 6) is 0.957. The molecule has 0 spiro atoms. The van der Waals surface area contributed by atoms with E-state index in [2.05, 4.69) is 58.1 Å². The molecule has 0 aliphatic heterocycles. The lowest BCUT2D eigenvalue weighted by Gasteiger charge is -2.18. The van der Waals surface area contributed by atoms with Crippen molar-refractivity contribution in [2.45, 2.75) is 78.9 Å². The molecule has 2 heteroatoms. The lowest BCUT2D eigenvalue weighted by atomic mass is 10.1. The zero-order valence-corrected chi connectivity index (χ0v) is 13.8. The molecule has 0 amide bonds. The summed E-state index contributed by atoms with van der Waals surface area (Å²) in [5.41, 5.74) is 2.48. The maximum absolute atomic E-state index is 5.72. The van der Waals surface area contributed by atoms with Crippen molar-refractivity contribution in [1.29, 1.82) is 0 Å². The third-order valence-corrected chi connectivity index (χ3v) is 3.46. The zero-order valence-electron chi connectivity index (χ0n) is 13.8. The number of benzene rings is 1. The number of hydrogen-bond acceptors (Lipinski definition) is 2. The van der Waals surface area contributed by atoms with Crippen LogP contribution in [0.5, 0.6) is 5.75 Å². The van der Waals surface area contributed by atoms with Gasteiger partial charge in [0, 0.05) is 11.7 Å². The van der Waals surface area contributed by atoms with Gasteiger partial charge in [0.15, 0.2) is 0 Å². The molecule has 1 atom stereocenters. The van der Waals surface area contributed by atoms with Gasteiger partial charge in [0.25, 0.3) is 0 Å². The Hall–Kier alpha value is -1.18. The van der Waals surface area contributed by atoms with E-state index in [1.807, 2.05) is 0 Å². The van der Waals surface area contributed by atoms with Crippen LogP contribution in [0, 0.1) is 6.92 Å². The number of rotatable bonds is 9. The summed E-state index contributed by atoms with van der Waals surface area (Å²) < 4.78 is 5.72. The zero-order chi connectivity index (χ0) is 15.0. The molecule has 0 heterocycles. The predicted octanol–water partition coefficient (Wildman–Crippen LogP) is 5.55. The van der Waals surface area contributed by atoms with Crippen LogP contribution < -0.4 is 10.1 Å². The molecule has 20 heavy (non-hydrogen) atoms. The van der Waals surface area contributed by atoms with E-state index < -0.39 is 0 Å². The molecular formula is C18H31NO. The van der Waals surface area contributed by atoms with E-state index in [0.717, 1.165) is 5.75 Å². The Kier molecular flexibility index (Phi) is 7.50. The molecule has 0 aliphatic carbocycles. The molecule has 0 aromatic heterocycles. The molecule has 0 aliphatic rings. The van der Waals surface area contributed by atoms with Gasteiger partial charge in [-0.05, 0) is 57.9 Å². The van der Waals surface area contributed by atoms with E-state index in [-0.39, 0.29) is 6.10 Å². The maximum atomic E-state index is 5.72. The highest BCUT2D eigenvalue weighted by Crippen LogP contribution is 2.23. The van der Waals surface area contributed by atoms with Crippen molar-refractivity contribution in [3.05, 3.63) is 23.8 Å². The van der Waals surface area contributed by atoms with Crippen molar-refractivity contribution in [3.63, 3.8) is 0 Å². The Morgan fingerprint density at radius 2 is 1.85 bits per heavy atom. The Balaban J connectivity index is 2.46. The van der Waals surface area contributed by atoms with Crippen LogP contribution in [0.4, 0.5) is 5.69 Å². The molecule has 1 aromatic rings. The Labute approximate surface area is 124 Å². The second kappa shape index (κ2) is 8.89. The van der Waals surface area contributed by atoms with Crippen LogP contribution in [-0.4, -0.2) is 12.1 Å². The third-order valence-electron chi connectivity index (χ3n) is 3.46. The van der Waals surface area contributed by atoms with Crippen LogP contribution in [0.25, 0.3) is 0 Å². The molecule has 114 valence electrons. The first-order valence-electron chi connectivity index (χ1n) is 8.06. The Morgan fingerprint density at radius 3 is 2.45 bits per heavy atom. The number of anilines is 1. The topological polar surface area (TPSA) is 21.3 Å². The first-order chi connectivity index (χ1) is 9.52. The second-order valence-electron chi connectivity index (χ2n) is 6.04. The van der Waals surface area contributed by atoms with Gasteiger partial charge in [-0.2, -0.15) is 0 Å². The summed E-state index contributed by atoms with van der Waals surface area (Å²) >= 11 is 0. The largest absolute Gasteiger partial charge is 0.491 e. The van der Waals surface area contributed by atoms with Crippen LogP contribution in [-0.2, 0) is 0 Å². The highest BCUT2D eigenvalue weighted by atomic mass is 16.5. The molecule has 1 rings (SSSR count). The first kappa shape index (κ1) is 16.9. The van der Waals surface area contributed by atoms with Gasteiger partial charge in [-0.1, -0.05) is 32.6 Å². The first-order valence-corrected chi connectivity index (χ1v) is 8.06. The average molecular weight is 277 g/mol. The van der Waals surface area contributed by atoms with Crippen molar-refractivity contribution in [3.8, 4) is 5.75 Å². The Bertz CT molecular complexity index is 387. The van der Waals surface area contributed by atoms with Gasteiger partial charge < -0.3 is 10.1 Å². The average Bonchev–Trinajstić information content (AvgIpc) is 2.37. The summed E-state index contributed by atoms with van der Waals surface area (Å²) in [4.78, 5) is 0. The minimum Gasteiger partial charge on any atom is -0.491 e. The van der Waals surface area contributed by atoms with Gasteiger partial charge in [0.1, 0.15) is 5.75 Å². The van der Waals surface area contributed by atoms with E-state index >= 15 is 0 Å². The molecule has 2 nitrogen and oxygen atoms in total. The van der Waals surface area contributed by atoms with Crippen molar-refractivity contribution < 1.29 is 4.74 Å². The summed E-state index contributed by atoms with van der Waals surface area (Å²) in [6, 6.07) is 6.84. The lowest BCUT2D eigenvalue weighted by molar-refractivity contribution is 0.242. The van der Waals surface area contributed by atoms with E-state index in [1.54, 1.807) is 0 Å². The van der Waals surface area contributed by atoms with Crippen LogP contribution in [0.15, 0.2) is 18.2 Å². The van der Waals surface area contributed by atoms with Crippen molar-refractivity contribution in [2.75, 3.05) is 5.32 Å². The quantitative estimate of drug-likeness (QED) is 0.597. The van der Waals surface area contributed by atoms with Crippen molar-refractivity contribution in [1.82, 2.24) is 0 Å². The van der Waals surface area contributed by atoms with Crippen LogP contribution >= 0.6 is 0 Å². The molecule has 0 saturated carbocycles. The molecule has 0 bridgehead atoms. The second-order valence-corrected chi connectivity index (χ2v) is 6.04.